The number of aryl methyl sites for hydroxylation is 2. The highest BCUT2D eigenvalue weighted by Gasteiger charge is 2.42. The van der Waals surface area contributed by atoms with Crippen LogP contribution in [0.4, 0.5) is 5.69 Å². The Kier molecular flexibility index (Phi) is 5.07. The Bertz CT molecular complexity index is 1030. The van der Waals surface area contributed by atoms with Crippen LogP contribution in [0.1, 0.15) is 66.3 Å². The van der Waals surface area contributed by atoms with Gasteiger partial charge in [-0.3, -0.25) is 4.98 Å². The first kappa shape index (κ1) is 19.3. The van der Waals surface area contributed by atoms with Gasteiger partial charge in [0.25, 0.3) is 0 Å². The van der Waals surface area contributed by atoms with Crippen molar-refractivity contribution in [1.82, 2.24) is 14.9 Å². The summed E-state index contributed by atoms with van der Waals surface area (Å²) in [5.41, 5.74) is 5.98. The minimum absolute atomic E-state index is 0.00886. The summed E-state index contributed by atoms with van der Waals surface area (Å²) < 4.78 is 2.50. The molecule has 2 fully saturated rings. The maximum Gasteiger partial charge on any atom is 0.174 e. The third-order valence-electron chi connectivity index (χ3n) is 6.42. The molecule has 30 heavy (non-hydrogen) atoms. The summed E-state index contributed by atoms with van der Waals surface area (Å²) >= 11 is 5.89. The number of pyridine rings is 1. The molecule has 1 aromatic carbocycles. The predicted molar refractivity (Wildman–Crippen MR) is 126 cm³/mol. The zero-order chi connectivity index (χ0) is 20.7. The van der Waals surface area contributed by atoms with Crippen LogP contribution in [0.25, 0.3) is 0 Å². The fraction of sp³-hybridized carbons (Fsp3) is 0.360. The zero-order valence-electron chi connectivity index (χ0n) is 17.6. The predicted octanol–water partition coefficient (Wildman–Crippen LogP) is 5.79. The summed E-state index contributed by atoms with van der Waals surface area (Å²) in [4.78, 5) is 6.99. The van der Waals surface area contributed by atoms with Crippen molar-refractivity contribution in [3.8, 4) is 0 Å². The van der Waals surface area contributed by atoms with E-state index in [0.717, 1.165) is 16.5 Å². The molecule has 3 heterocycles. The van der Waals surface area contributed by atoms with Gasteiger partial charge in [-0.2, -0.15) is 0 Å². The van der Waals surface area contributed by atoms with Crippen molar-refractivity contribution < 1.29 is 0 Å². The van der Waals surface area contributed by atoms with Crippen LogP contribution >= 0.6 is 12.2 Å². The first-order valence-electron chi connectivity index (χ1n) is 10.9. The molecule has 0 amide bonds. The zero-order valence-corrected chi connectivity index (χ0v) is 18.4. The number of rotatable bonds is 4. The minimum Gasteiger partial charge on any atom is -0.351 e. The molecular weight excluding hydrogens is 388 g/mol. The molecule has 1 aliphatic carbocycles. The molecule has 3 aromatic rings. The number of benzene rings is 1. The molecule has 2 atom stereocenters. The van der Waals surface area contributed by atoms with Crippen LogP contribution in [0.3, 0.4) is 0 Å². The van der Waals surface area contributed by atoms with Crippen LogP contribution in [-0.2, 0) is 0 Å². The van der Waals surface area contributed by atoms with Gasteiger partial charge in [0.15, 0.2) is 5.11 Å². The van der Waals surface area contributed by atoms with Crippen molar-refractivity contribution in [2.24, 2.45) is 0 Å². The normalized spacial score (nSPS) is 21.9. The number of hydrogen-bond donors (Lipinski definition) is 1. The monoisotopic (exact) mass is 416 g/mol. The molecule has 1 N–H and O–H groups in total. The lowest BCUT2D eigenvalue weighted by Crippen LogP contribution is -2.30. The minimum atomic E-state index is 0.00886. The van der Waals surface area contributed by atoms with Crippen molar-refractivity contribution in [3.05, 3.63) is 83.4 Å². The van der Waals surface area contributed by atoms with Gasteiger partial charge in [0, 0.05) is 29.8 Å². The molecule has 2 aliphatic rings. The number of aromatic nitrogens is 2. The van der Waals surface area contributed by atoms with Gasteiger partial charge in [0.1, 0.15) is 6.04 Å². The standard InChI is InChI=1S/C25H28N4S/c1-17-14-18(2)16-20(15-17)29-24(22-11-7-13-28(22)19-8-3-4-9-19)23(27-25(29)30)21-10-5-6-12-26-21/h5-7,10-16,19,23-24H,3-4,8-9H2,1-2H3,(H,27,30)/t23-,24-/m1/s1. The second kappa shape index (κ2) is 7.88. The van der Waals surface area contributed by atoms with E-state index >= 15 is 0 Å². The van der Waals surface area contributed by atoms with Crippen LogP contribution in [-0.4, -0.2) is 14.7 Å². The van der Waals surface area contributed by atoms with Crippen LogP contribution in [0, 0.1) is 13.8 Å². The van der Waals surface area contributed by atoms with Gasteiger partial charge in [-0.15, -0.1) is 0 Å². The van der Waals surface area contributed by atoms with Gasteiger partial charge < -0.3 is 14.8 Å². The summed E-state index contributed by atoms with van der Waals surface area (Å²) in [7, 11) is 0. The smallest absolute Gasteiger partial charge is 0.174 e. The van der Waals surface area contributed by atoms with Gasteiger partial charge in [0.2, 0.25) is 0 Å². The number of nitrogens with zero attached hydrogens (tertiary/aromatic N) is 3. The van der Waals surface area contributed by atoms with Crippen LogP contribution < -0.4 is 10.2 Å². The van der Waals surface area contributed by atoms with E-state index in [1.807, 2.05) is 12.3 Å². The molecule has 2 aromatic heterocycles. The molecule has 0 unspecified atom stereocenters. The molecule has 5 heteroatoms. The largest absolute Gasteiger partial charge is 0.351 e. The lowest BCUT2D eigenvalue weighted by molar-refractivity contribution is 0.461. The summed E-state index contributed by atoms with van der Waals surface area (Å²) in [5.74, 6) is 0. The second-order valence-electron chi connectivity index (χ2n) is 8.62. The molecule has 1 saturated carbocycles. The molecule has 0 bridgehead atoms. The van der Waals surface area contributed by atoms with Crippen molar-refractivity contribution in [2.45, 2.75) is 57.7 Å². The van der Waals surface area contributed by atoms with E-state index < -0.39 is 0 Å². The highest BCUT2D eigenvalue weighted by atomic mass is 32.1. The average molecular weight is 417 g/mol. The number of thiocarbonyl (C=S) groups is 1. The van der Waals surface area contributed by atoms with Crippen LogP contribution in [0.5, 0.6) is 0 Å². The summed E-state index contributed by atoms with van der Waals surface area (Å²) in [6.07, 6.45) is 9.25. The second-order valence-corrected chi connectivity index (χ2v) is 9.01. The number of nitrogens with one attached hydrogen (secondary N) is 1. The molecule has 0 radical (unpaired) electrons. The van der Waals surface area contributed by atoms with Gasteiger partial charge in [0.05, 0.1) is 11.7 Å². The maximum absolute atomic E-state index is 5.89. The summed E-state index contributed by atoms with van der Waals surface area (Å²) in [5, 5.41) is 4.36. The molecule has 5 rings (SSSR count). The Balaban J connectivity index is 1.65. The quantitative estimate of drug-likeness (QED) is 0.546. The van der Waals surface area contributed by atoms with Crippen molar-refractivity contribution in [1.29, 1.82) is 0 Å². The first-order chi connectivity index (χ1) is 14.6. The lowest BCUT2D eigenvalue weighted by atomic mass is 9.99. The Morgan fingerprint density at radius 3 is 2.47 bits per heavy atom. The van der Waals surface area contributed by atoms with Gasteiger partial charge in [-0.1, -0.05) is 25.0 Å². The van der Waals surface area contributed by atoms with Gasteiger partial charge in [-0.05, 0) is 86.4 Å². The van der Waals surface area contributed by atoms with E-state index in [1.165, 1.54) is 42.5 Å². The SMILES string of the molecule is Cc1cc(C)cc(N2C(=S)N[C@H](c3ccccn3)[C@H]2c2cccn2C2CCCC2)c1. The molecule has 1 saturated heterocycles. The van der Waals surface area contributed by atoms with E-state index in [9.17, 15) is 0 Å². The number of hydrogen-bond acceptors (Lipinski definition) is 2. The molecule has 1 aliphatic heterocycles. The first-order valence-corrected chi connectivity index (χ1v) is 11.3. The van der Waals surface area contributed by atoms with Crippen LogP contribution in [0.15, 0.2) is 60.9 Å². The Labute approximate surface area is 183 Å². The van der Waals surface area contributed by atoms with E-state index in [1.54, 1.807) is 0 Å². The van der Waals surface area contributed by atoms with Gasteiger partial charge >= 0.3 is 0 Å². The highest BCUT2D eigenvalue weighted by Crippen LogP contribution is 2.44. The third-order valence-corrected chi connectivity index (χ3v) is 6.73. The Hall–Kier alpha value is -2.66. The lowest BCUT2D eigenvalue weighted by Gasteiger charge is -2.30. The summed E-state index contributed by atoms with van der Waals surface area (Å²) in [6.45, 7) is 4.30. The van der Waals surface area contributed by atoms with Crippen molar-refractivity contribution in [3.63, 3.8) is 0 Å². The van der Waals surface area contributed by atoms with Crippen molar-refractivity contribution >= 4 is 23.0 Å². The van der Waals surface area contributed by atoms with Crippen molar-refractivity contribution in [2.75, 3.05) is 4.90 Å². The number of anilines is 1. The van der Waals surface area contributed by atoms with Gasteiger partial charge in [-0.25, -0.2) is 0 Å². The average Bonchev–Trinajstić information content (AvgIpc) is 3.47. The van der Waals surface area contributed by atoms with E-state index in [2.05, 4.69) is 82.3 Å². The fourth-order valence-electron chi connectivity index (χ4n) is 5.20. The Morgan fingerprint density at radius 1 is 1.00 bits per heavy atom. The third kappa shape index (κ3) is 3.41. The topological polar surface area (TPSA) is 33.1 Å². The van der Waals surface area contributed by atoms with E-state index in [0.29, 0.717) is 6.04 Å². The van der Waals surface area contributed by atoms with E-state index in [-0.39, 0.29) is 12.1 Å². The fourth-order valence-corrected chi connectivity index (χ4v) is 5.54. The summed E-state index contributed by atoms with van der Waals surface area (Å²) in [6, 6.07) is 17.9. The van der Waals surface area contributed by atoms with E-state index in [4.69, 9.17) is 12.2 Å². The van der Waals surface area contributed by atoms with Crippen LogP contribution in [0.2, 0.25) is 0 Å². The molecule has 0 spiro atoms. The molecular formula is C25H28N4S. The highest BCUT2D eigenvalue weighted by molar-refractivity contribution is 7.80. The maximum atomic E-state index is 5.89. The Morgan fingerprint density at radius 2 is 1.77 bits per heavy atom. The molecule has 154 valence electrons. The molecule has 4 nitrogen and oxygen atoms in total.